The van der Waals surface area contributed by atoms with Gasteiger partial charge in [-0.05, 0) is 6.07 Å². The molecule has 1 aromatic heterocycles. The van der Waals surface area contributed by atoms with Gasteiger partial charge in [-0.1, -0.05) is 6.07 Å². The summed E-state index contributed by atoms with van der Waals surface area (Å²) < 4.78 is 32.1. The Morgan fingerprint density at radius 2 is 1.94 bits per heavy atom. The predicted molar refractivity (Wildman–Crippen MR) is 125 cm³/mol. The number of nitrogens with zero attached hydrogens (tertiary/aromatic N) is 3. The molecular formula is C25H30FN3O6. The number of rotatable bonds is 7. The topological polar surface area (TPSA) is 90.3 Å². The average Bonchev–Trinajstić information content (AvgIpc) is 3.03. The van der Waals surface area contributed by atoms with Gasteiger partial charge in [-0.15, -0.1) is 0 Å². The van der Waals surface area contributed by atoms with E-state index in [0.717, 1.165) is 0 Å². The van der Waals surface area contributed by atoms with Crippen LogP contribution >= 0.6 is 0 Å². The van der Waals surface area contributed by atoms with E-state index >= 15 is 0 Å². The van der Waals surface area contributed by atoms with Crippen LogP contribution in [0.2, 0.25) is 0 Å². The lowest BCUT2D eigenvalue weighted by molar-refractivity contribution is -0.126. The number of ether oxygens (including phenoxy) is 3. The highest BCUT2D eigenvalue weighted by molar-refractivity contribution is 5.93. The molecule has 1 aromatic carbocycles. The fraction of sp³-hybridized carbons (Fsp3) is 0.480. The number of aromatic nitrogens is 1. The smallest absolute Gasteiger partial charge is 0.343 e. The van der Waals surface area contributed by atoms with Gasteiger partial charge in [-0.3, -0.25) is 14.5 Å². The Balaban J connectivity index is 1.55. The third kappa shape index (κ3) is 5.32. The van der Waals surface area contributed by atoms with E-state index < -0.39 is 5.97 Å². The first kappa shape index (κ1) is 24.7. The van der Waals surface area contributed by atoms with E-state index in [4.69, 9.17) is 14.2 Å². The van der Waals surface area contributed by atoms with E-state index in [0.29, 0.717) is 62.6 Å². The van der Waals surface area contributed by atoms with Gasteiger partial charge in [0, 0.05) is 81.9 Å². The average molecular weight is 488 g/mol. The maximum absolute atomic E-state index is 14.5. The first-order valence-electron chi connectivity index (χ1n) is 11.6. The summed E-state index contributed by atoms with van der Waals surface area (Å²) in [5, 5.41) is 0. The number of benzene rings is 1. The van der Waals surface area contributed by atoms with Gasteiger partial charge in [0.15, 0.2) is 0 Å². The summed E-state index contributed by atoms with van der Waals surface area (Å²) in [6, 6.07) is 6.07. The first-order valence-corrected chi connectivity index (χ1v) is 11.6. The summed E-state index contributed by atoms with van der Waals surface area (Å²) in [6.07, 6.45) is 0.754. The summed E-state index contributed by atoms with van der Waals surface area (Å²) in [5.41, 5.74) is 1.01. The maximum atomic E-state index is 14.5. The number of carbonyl (C=O) groups is 2. The van der Waals surface area contributed by atoms with E-state index in [1.54, 1.807) is 28.6 Å². The van der Waals surface area contributed by atoms with Crippen molar-refractivity contribution in [3.05, 3.63) is 57.3 Å². The molecule has 1 saturated heterocycles. The summed E-state index contributed by atoms with van der Waals surface area (Å²) in [7, 11) is 4.51. The molecule has 10 heteroatoms. The number of amides is 1. The molecule has 1 fully saturated rings. The molecule has 1 amide bonds. The second-order valence-electron chi connectivity index (χ2n) is 8.95. The highest BCUT2D eigenvalue weighted by atomic mass is 19.1. The van der Waals surface area contributed by atoms with E-state index in [9.17, 15) is 18.8 Å². The molecule has 35 heavy (non-hydrogen) atoms. The predicted octanol–water partition coefficient (Wildman–Crippen LogP) is 1.70. The Morgan fingerprint density at radius 3 is 2.60 bits per heavy atom. The molecule has 4 rings (SSSR count). The lowest BCUT2D eigenvalue weighted by atomic mass is 10.1. The van der Waals surface area contributed by atoms with Crippen molar-refractivity contribution in [2.45, 2.75) is 25.9 Å². The maximum Gasteiger partial charge on any atom is 0.343 e. The third-order valence-corrected chi connectivity index (χ3v) is 6.63. The minimum Gasteiger partial charge on any atom is -0.497 e. The van der Waals surface area contributed by atoms with Crippen LogP contribution in [0, 0.1) is 11.7 Å². The van der Waals surface area contributed by atoms with Crippen molar-refractivity contribution in [3.8, 4) is 11.5 Å². The molecule has 0 unspecified atom stereocenters. The molecule has 0 bridgehead atoms. The van der Waals surface area contributed by atoms with Crippen molar-refractivity contribution in [2.24, 2.45) is 5.92 Å². The van der Waals surface area contributed by atoms with Crippen molar-refractivity contribution in [2.75, 3.05) is 47.5 Å². The Hall–Kier alpha value is -3.40. The van der Waals surface area contributed by atoms with E-state index in [-0.39, 0.29) is 41.1 Å². The van der Waals surface area contributed by atoms with E-state index in [2.05, 4.69) is 0 Å². The van der Waals surface area contributed by atoms with Crippen molar-refractivity contribution < 1.29 is 28.2 Å². The molecule has 2 aliphatic rings. The molecule has 9 nitrogen and oxygen atoms in total. The molecule has 1 atom stereocenters. The van der Waals surface area contributed by atoms with Gasteiger partial charge in [-0.25, -0.2) is 9.18 Å². The molecule has 0 spiro atoms. The zero-order valence-electron chi connectivity index (χ0n) is 20.2. The first-order chi connectivity index (χ1) is 16.8. The Morgan fingerprint density at radius 1 is 1.14 bits per heavy atom. The van der Waals surface area contributed by atoms with Gasteiger partial charge < -0.3 is 23.7 Å². The molecule has 0 radical (unpaired) electrons. The fourth-order valence-corrected chi connectivity index (χ4v) is 4.69. The second-order valence-corrected chi connectivity index (χ2v) is 8.95. The minimum atomic E-state index is -0.585. The number of hydrogen-bond donors (Lipinski definition) is 0. The van der Waals surface area contributed by atoms with E-state index in [1.807, 2.05) is 4.90 Å². The molecule has 0 saturated carbocycles. The molecule has 2 aliphatic heterocycles. The van der Waals surface area contributed by atoms with Crippen LogP contribution in [0.3, 0.4) is 0 Å². The highest BCUT2D eigenvalue weighted by Gasteiger charge is 2.30. The quantitative estimate of drug-likeness (QED) is 0.549. The summed E-state index contributed by atoms with van der Waals surface area (Å²) in [6.45, 7) is 2.51. The number of fused-ring (bicyclic) bond motifs is 1. The highest BCUT2D eigenvalue weighted by Crippen LogP contribution is 2.26. The van der Waals surface area contributed by atoms with Crippen LogP contribution in [-0.2, 0) is 29.0 Å². The van der Waals surface area contributed by atoms with E-state index in [1.165, 1.54) is 26.4 Å². The van der Waals surface area contributed by atoms with Crippen LogP contribution in [0.1, 0.15) is 28.0 Å². The van der Waals surface area contributed by atoms with Crippen molar-refractivity contribution in [3.63, 3.8) is 0 Å². The number of hydrogen-bond acceptors (Lipinski definition) is 7. The van der Waals surface area contributed by atoms with Crippen LogP contribution in [0.5, 0.6) is 11.5 Å². The number of pyridine rings is 1. The van der Waals surface area contributed by atoms with Gasteiger partial charge in [0.1, 0.15) is 22.9 Å². The summed E-state index contributed by atoms with van der Waals surface area (Å²) in [5.74, 6) is -0.297. The zero-order chi connectivity index (χ0) is 25.1. The van der Waals surface area contributed by atoms with Gasteiger partial charge in [0.05, 0.1) is 20.8 Å². The molecule has 188 valence electrons. The summed E-state index contributed by atoms with van der Waals surface area (Å²) in [4.78, 5) is 41.2. The number of likely N-dealkylation sites (tertiary alicyclic amines) is 1. The third-order valence-electron chi connectivity index (χ3n) is 6.63. The minimum absolute atomic E-state index is 0.0190. The van der Waals surface area contributed by atoms with Crippen LogP contribution in [-0.4, -0.2) is 73.8 Å². The Bertz CT molecular complexity index is 1180. The van der Waals surface area contributed by atoms with Crippen LogP contribution in [0.4, 0.5) is 4.39 Å². The SMILES string of the molecule is COC(=O)c1c(OC[C@@H]2CC(=O)N(C)C2)cc(=O)n2c1CCN(Cc1ccc(OC)cc1F)CC2. The van der Waals surface area contributed by atoms with Gasteiger partial charge in [0.25, 0.3) is 5.56 Å². The molecule has 2 aromatic rings. The zero-order valence-corrected chi connectivity index (χ0v) is 20.2. The number of esters is 1. The second kappa shape index (κ2) is 10.5. The van der Waals surface area contributed by atoms with Gasteiger partial charge in [-0.2, -0.15) is 0 Å². The van der Waals surface area contributed by atoms with Gasteiger partial charge >= 0.3 is 5.97 Å². The number of methoxy groups -OCH3 is 2. The van der Waals surface area contributed by atoms with Crippen molar-refractivity contribution in [1.29, 1.82) is 0 Å². The van der Waals surface area contributed by atoms with Crippen LogP contribution in [0.25, 0.3) is 0 Å². The summed E-state index contributed by atoms with van der Waals surface area (Å²) >= 11 is 0. The largest absolute Gasteiger partial charge is 0.497 e. The monoisotopic (exact) mass is 487 g/mol. The molecular weight excluding hydrogens is 457 g/mol. The molecule has 0 N–H and O–H groups in total. The van der Waals surface area contributed by atoms with Crippen molar-refractivity contribution >= 4 is 11.9 Å². The van der Waals surface area contributed by atoms with Gasteiger partial charge in [0.2, 0.25) is 5.91 Å². The number of halogens is 1. The van der Waals surface area contributed by atoms with Crippen LogP contribution in [0.15, 0.2) is 29.1 Å². The van der Waals surface area contributed by atoms with Crippen LogP contribution < -0.4 is 15.0 Å². The fourth-order valence-electron chi connectivity index (χ4n) is 4.69. The lowest BCUT2D eigenvalue weighted by Gasteiger charge is -2.20. The lowest BCUT2D eigenvalue weighted by Crippen LogP contribution is -2.29. The molecule has 0 aliphatic carbocycles. The standard InChI is InChI=1S/C25H30FN3O6/c1-27-13-16(10-22(27)30)15-35-21-12-23(31)29-9-8-28(7-6-20(29)24(21)25(32)34-3)14-17-4-5-18(33-2)11-19(17)26/h4-5,11-12,16H,6-10,13-15H2,1-3H3/t16-/m1/s1. The Kier molecular flexibility index (Phi) is 7.39. The molecule has 3 heterocycles. The van der Waals surface area contributed by atoms with Crippen molar-refractivity contribution in [1.82, 2.24) is 14.4 Å². The normalized spacial score (nSPS) is 18.2. The Labute approximate surface area is 203 Å². The number of carbonyl (C=O) groups excluding carboxylic acids is 2.